The lowest BCUT2D eigenvalue weighted by Crippen LogP contribution is -2.60. The topological polar surface area (TPSA) is 73.8 Å². The molecule has 7 heteroatoms. The molecular weight excluding hydrogens is 510 g/mol. The Morgan fingerprint density at radius 2 is 1.74 bits per heavy atom. The van der Waals surface area contributed by atoms with Crippen molar-refractivity contribution in [1.29, 1.82) is 0 Å². The quantitative estimate of drug-likeness (QED) is 0.117. The molecular formula is C32H60ClN3O3. The minimum absolute atomic E-state index is 0.0217. The van der Waals surface area contributed by atoms with Gasteiger partial charge in [-0.15, -0.1) is 11.6 Å². The van der Waals surface area contributed by atoms with Crippen LogP contribution in [0.2, 0.25) is 0 Å². The average Bonchev–Trinajstić information content (AvgIpc) is 3.33. The molecule has 3 N–H and O–H groups in total. The zero-order chi connectivity index (χ0) is 29.8. The number of alkyl carbamates (subject to hydrolysis) is 1. The number of amides is 1. The predicted molar refractivity (Wildman–Crippen MR) is 164 cm³/mol. The van der Waals surface area contributed by atoms with Gasteiger partial charge in [-0.1, -0.05) is 67.5 Å². The first kappa shape index (κ1) is 34.4. The number of hydrogen-bond acceptors (Lipinski definition) is 5. The molecule has 2 fully saturated rings. The first-order valence-electron chi connectivity index (χ1n) is 15.4. The molecule has 1 amide bonds. The molecule has 0 spiro atoms. The van der Waals surface area contributed by atoms with Crippen LogP contribution in [0.15, 0.2) is 12.2 Å². The van der Waals surface area contributed by atoms with Crippen molar-refractivity contribution < 1.29 is 14.6 Å². The molecule has 0 aliphatic heterocycles. The maximum atomic E-state index is 11.9. The van der Waals surface area contributed by atoms with Crippen LogP contribution in [0.5, 0.6) is 0 Å². The van der Waals surface area contributed by atoms with Gasteiger partial charge in [-0.2, -0.15) is 0 Å². The fourth-order valence-corrected chi connectivity index (χ4v) is 6.89. The molecule has 6 nitrogen and oxygen atoms in total. The largest absolute Gasteiger partial charge is 0.444 e. The zero-order valence-corrected chi connectivity index (χ0v) is 27.6. The van der Waals surface area contributed by atoms with Gasteiger partial charge in [0, 0.05) is 25.0 Å². The van der Waals surface area contributed by atoms with Gasteiger partial charge in [0.25, 0.3) is 0 Å². The van der Waals surface area contributed by atoms with Crippen LogP contribution in [0.1, 0.15) is 95.4 Å². The van der Waals surface area contributed by atoms with Crippen LogP contribution in [0.4, 0.5) is 4.79 Å². The third kappa shape index (κ3) is 8.83. The maximum absolute atomic E-state index is 11.9. The third-order valence-electron chi connectivity index (χ3n) is 9.88. The molecule has 0 heterocycles. The molecule has 0 radical (unpaired) electrons. The summed E-state index contributed by atoms with van der Waals surface area (Å²) in [7, 11) is 0. The van der Waals surface area contributed by atoms with Crippen molar-refractivity contribution >= 4 is 17.7 Å². The Labute approximate surface area is 245 Å². The molecule has 2 rings (SSSR count). The molecule has 0 aromatic carbocycles. The number of aliphatic hydroxyl groups excluding tert-OH is 1. The number of likely N-dealkylation sites (N-methyl/N-ethyl adjacent to an activating group) is 1. The maximum Gasteiger partial charge on any atom is 0.407 e. The molecule has 2 saturated carbocycles. The number of hydrogen-bond donors (Lipinski definition) is 3. The van der Waals surface area contributed by atoms with Crippen LogP contribution in [0.3, 0.4) is 0 Å². The van der Waals surface area contributed by atoms with Gasteiger partial charge in [0.2, 0.25) is 0 Å². The Morgan fingerprint density at radius 3 is 2.21 bits per heavy atom. The van der Waals surface area contributed by atoms with Crippen molar-refractivity contribution in [3.8, 4) is 0 Å². The molecule has 0 saturated heterocycles. The van der Waals surface area contributed by atoms with Crippen molar-refractivity contribution in [2.45, 2.75) is 119 Å². The minimum Gasteiger partial charge on any atom is -0.444 e. The fourth-order valence-electron chi connectivity index (χ4n) is 6.79. The van der Waals surface area contributed by atoms with Crippen molar-refractivity contribution in [3.63, 3.8) is 0 Å². The normalized spacial score (nSPS) is 29.8. The summed E-state index contributed by atoms with van der Waals surface area (Å²) in [5.41, 5.74) is -0.719. The number of alkyl halides is 1. The smallest absolute Gasteiger partial charge is 0.407 e. The average molecular weight is 570 g/mol. The number of allylic oxidation sites excluding steroid dienone is 2. The summed E-state index contributed by atoms with van der Waals surface area (Å²) < 4.78 is 5.34. The van der Waals surface area contributed by atoms with Crippen LogP contribution in [0.25, 0.3) is 0 Å². The number of carbonyl (C=O) groups is 1. The second-order valence-electron chi connectivity index (χ2n) is 14.5. The number of nitrogens with zero attached hydrogens (tertiary/aromatic N) is 1. The van der Waals surface area contributed by atoms with Gasteiger partial charge in [0.15, 0.2) is 0 Å². The van der Waals surface area contributed by atoms with E-state index in [1.165, 1.54) is 0 Å². The summed E-state index contributed by atoms with van der Waals surface area (Å²) in [6.07, 6.45) is 6.63. The fraction of sp³-hybridized carbons (Fsp3) is 0.906. The highest BCUT2D eigenvalue weighted by atomic mass is 35.5. The highest BCUT2D eigenvalue weighted by Gasteiger charge is 2.65. The van der Waals surface area contributed by atoms with E-state index in [-0.39, 0.29) is 17.0 Å². The van der Waals surface area contributed by atoms with E-state index in [4.69, 9.17) is 16.3 Å². The zero-order valence-electron chi connectivity index (χ0n) is 26.8. The highest BCUT2D eigenvalue weighted by molar-refractivity contribution is 6.18. The summed E-state index contributed by atoms with van der Waals surface area (Å²) in [6, 6.07) is 0.412. The van der Waals surface area contributed by atoms with Crippen molar-refractivity contribution in [1.82, 2.24) is 15.5 Å². The first-order chi connectivity index (χ1) is 18.0. The van der Waals surface area contributed by atoms with Crippen molar-refractivity contribution in [3.05, 3.63) is 12.2 Å². The molecule has 0 aromatic rings. The number of carbonyl (C=O) groups excluding carboxylic acids is 1. The van der Waals surface area contributed by atoms with Crippen molar-refractivity contribution in [2.24, 2.45) is 40.9 Å². The standard InChI is InChI=1S/C32H60ClN3O3/c1-12-36(20-31(10,11)24(6)27(21(2)3)14-13-16-33)28(37)32(22(4)23(32)5)35-26-18-25(19-26)15-17-34-29(38)39-30(7,8)9/h13-14,21-28,35,37H,12,15-20H2,1-11H3,(H,34,38)/b14-13-/t22-,23+,24?,25?,26?,27-,28?,32?/m0/s1. The summed E-state index contributed by atoms with van der Waals surface area (Å²) in [4.78, 5) is 14.2. The van der Waals surface area contributed by atoms with E-state index in [0.717, 1.165) is 32.4 Å². The van der Waals surface area contributed by atoms with E-state index in [0.29, 0.717) is 54.0 Å². The number of ether oxygens (including phenoxy) is 1. The van der Waals surface area contributed by atoms with Crippen LogP contribution in [-0.4, -0.2) is 65.0 Å². The van der Waals surface area contributed by atoms with Crippen LogP contribution in [0, 0.1) is 40.9 Å². The SMILES string of the molecule is CCN(CC(C)(C)C(C)[C@@H](/C=C\CCl)C(C)C)C(O)C1(NC2CC(CCNC(=O)OC(C)(C)C)C2)[C@H](C)[C@@H]1C. The number of aliphatic hydroxyl groups is 1. The molecule has 0 bridgehead atoms. The van der Waals surface area contributed by atoms with E-state index < -0.39 is 11.8 Å². The van der Waals surface area contributed by atoms with Gasteiger partial charge in [-0.3, -0.25) is 4.90 Å². The highest BCUT2D eigenvalue weighted by Crippen LogP contribution is 2.54. The van der Waals surface area contributed by atoms with Crippen LogP contribution < -0.4 is 10.6 Å². The third-order valence-corrected chi connectivity index (χ3v) is 10.1. The number of rotatable bonds is 15. The lowest BCUT2D eigenvalue weighted by atomic mass is 9.69. The minimum atomic E-state index is -0.525. The molecule has 3 unspecified atom stereocenters. The van der Waals surface area contributed by atoms with Gasteiger partial charge in [0.1, 0.15) is 11.8 Å². The van der Waals surface area contributed by atoms with Gasteiger partial charge < -0.3 is 20.5 Å². The van der Waals surface area contributed by atoms with Gasteiger partial charge in [-0.05, 0) is 87.5 Å². The van der Waals surface area contributed by atoms with Gasteiger partial charge in [-0.25, -0.2) is 4.79 Å². The Hall–Kier alpha value is -0.820. The molecule has 228 valence electrons. The Kier molecular flexibility index (Phi) is 12.3. The van der Waals surface area contributed by atoms with Crippen LogP contribution >= 0.6 is 11.6 Å². The van der Waals surface area contributed by atoms with E-state index in [1.54, 1.807) is 0 Å². The van der Waals surface area contributed by atoms with E-state index >= 15 is 0 Å². The van der Waals surface area contributed by atoms with Gasteiger partial charge in [0.05, 0.1) is 5.54 Å². The molecule has 2 aliphatic carbocycles. The summed E-state index contributed by atoms with van der Waals surface area (Å²) in [5, 5.41) is 18.7. The molecule has 6 atom stereocenters. The molecule has 39 heavy (non-hydrogen) atoms. The second kappa shape index (κ2) is 13.9. The van der Waals surface area contributed by atoms with Gasteiger partial charge >= 0.3 is 6.09 Å². The summed E-state index contributed by atoms with van der Waals surface area (Å²) >= 11 is 5.97. The lowest BCUT2D eigenvalue weighted by Gasteiger charge is -2.46. The van der Waals surface area contributed by atoms with E-state index in [1.807, 2.05) is 20.8 Å². The van der Waals surface area contributed by atoms with Crippen molar-refractivity contribution in [2.75, 3.05) is 25.5 Å². The van der Waals surface area contributed by atoms with Crippen LogP contribution in [-0.2, 0) is 4.74 Å². The van der Waals surface area contributed by atoms with E-state index in [9.17, 15) is 9.90 Å². The monoisotopic (exact) mass is 569 g/mol. The Bertz CT molecular complexity index is 795. The van der Waals surface area contributed by atoms with E-state index in [2.05, 4.69) is 83.1 Å². The summed E-state index contributed by atoms with van der Waals surface area (Å²) in [5.74, 6) is 3.39. The lowest BCUT2D eigenvalue weighted by molar-refractivity contribution is -0.0700. The Balaban J connectivity index is 1.96. The molecule has 2 aliphatic rings. The molecule has 0 aromatic heterocycles. The number of halogens is 1. The number of nitrogens with one attached hydrogen (secondary N) is 2. The first-order valence-corrected chi connectivity index (χ1v) is 15.9. The summed E-state index contributed by atoms with van der Waals surface area (Å²) in [6.45, 7) is 26.3. The predicted octanol–water partition coefficient (Wildman–Crippen LogP) is 6.66. The second-order valence-corrected chi connectivity index (χ2v) is 14.8. The Morgan fingerprint density at radius 1 is 1.15 bits per heavy atom.